The van der Waals surface area contributed by atoms with Crippen LogP contribution in [0.25, 0.3) is 0 Å². The number of sulfonamides is 1. The van der Waals surface area contributed by atoms with Crippen LogP contribution in [-0.2, 0) is 26.0 Å². The molecule has 0 aliphatic heterocycles. The molecule has 40 heavy (non-hydrogen) atoms. The second-order valence-corrected chi connectivity index (χ2v) is 12.0. The van der Waals surface area contributed by atoms with E-state index in [0.717, 1.165) is 20.8 Å². The number of anilines is 1. The first-order valence-electron chi connectivity index (χ1n) is 13.3. The normalized spacial score (nSPS) is 11.9. The van der Waals surface area contributed by atoms with Crippen molar-refractivity contribution in [1.82, 2.24) is 10.2 Å². The molecule has 0 aliphatic rings. The van der Waals surface area contributed by atoms with Crippen molar-refractivity contribution in [2.75, 3.05) is 30.5 Å². The number of carbonyl (C=O) groups is 2. The number of carbonyl (C=O) groups excluding carboxylic acids is 2. The van der Waals surface area contributed by atoms with Gasteiger partial charge in [-0.25, -0.2) is 8.42 Å². The van der Waals surface area contributed by atoms with Crippen LogP contribution in [0.3, 0.4) is 0 Å². The van der Waals surface area contributed by atoms with E-state index in [-0.39, 0.29) is 17.3 Å². The summed E-state index contributed by atoms with van der Waals surface area (Å²) in [5, 5.41) is 2.85. The monoisotopic (exact) mass is 629 g/mol. The third-order valence-corrected chi connectivity index (χ3v) is 8.63. The summed E-state index contributed by atoms with van der Waals surface area (Å²) in [5.41, 5.74) is 1.32. The van der Waals surface area contributed by atoms with Crippen LogP contribution in [0.5, 0.6) is 5.75 Å². The van der Waals surface area contributed by atoms with Crippen LogP contribution in [0.15, 0.2) is 88.2 Å². The number of rotatable bonds is 14. The van der Waals surface area contributed by atoms with Crippen LogP contribution < -0.4 is 14.4 Å². The van der Waals surface area contributed by atoms with Gasteiger partial charge < -0.3 is 15.0 Å². The Morgan fingerprint density at radius 3 is 2.20 bits per heavy atom. The molecular formula is C30H36BrN3O5S. The Labute approximate surface area is 245 Å². The summed E-state index contributed by atoms with van der Waals surface area (Å²) >= 11 is 3.34. The van der Waals surface area contributed by atoms with Crippen LogP contribution in [0.1, 0.15) is 32.8 Å². The molecule has 0 fully saturated rings. The van der Waals surface area contributed by atoms with E-state index < -0.39 is 28.5 Å². The quantitative estimate of drug-likeness (QED) is 0.270. The molecule has 0 aliphatic carbocycles. The molecule has 0 bridgehead atoms. The molecule has 3 aromatic rings. The zero-order valence-corrected chi connectivity index (χ0v) is 25.4. The highest BCUT2D eigenvalue weighted by Crippen LogP contribution is 2.27. The lowest BCUT2D eigenvalue weighted by Gasteiger charge is -2.32. The second kappa shape index (κ2) is 14.9. The number of amides is 2. The first-order valence-corrected chi connectivity index (χ1v) is 15.5. The predicted octanol–water partition coefficient (Wildman–Crippen LogP) is 5.03. The fraction of sp³-hybridized carbons (Fsp3) is 0.333. The molecular weight excluding hydrogens is 594 g/mol. The lowest BCUT2D eigenvalue weighted by atomic mass is 10.1. The van der Waals surface area contributed by atoms with Crippen LogP contribution in [0.4, 0.5) is 5.69 Å². The van der Waals surface area contributed by atoms with Crippen LogP contribution in [0, 0.1) is 0 Å². The van der Waals surface area contributed by atoms with Gasteiger partial charge in [-0.15, -0.1) is 0 Å². The number of halogens is 1. The number of hydrogen-bond acceptors (Lipinski definition) is 5. The number of hydrogen-bond donors (Lipinski definition) is 1. The van der Waals surface area contributed by atoms with Gasteiger partial charge in [0, 0.05) is 17.6 Å². The summed E-state index contributed by atoms with van der Waals surface area (Å²) in [4.78, 5) is 28.3. The Hall–Kier alpha value is -3.37. The maximum absolute atomic E-state index is 13.9. The van der Waals surface area contributed by atoms with E-state index in [1.54, 1.807) is 43.3 Å². The van der Waals surface area contributed by atoms with Crippen molar-refractivity contribution in [3.05, 3.63) is 88.9 Å². The van der Waals surface area contributed by atoms with Crippen molar-refractivity contribution in [2.24, 2.45) is 0 Å². The minimum absolute atomic E-state index is 0.0435. The molecule has 3 aromatic carbocycles. The highest BCUT2D eigenvalue weighted by molar-refractivity contribution is 9.10. The number of nitrogens with one attached hydrogen (secondary N) is 1. The van der Waals surface area contributed by atoms with Gasteiger partial charge in [0.25, 0.3) is 10.0 Å². The Morgan fingerprint density at radius 2 is 1.60 bits per heavy atom. The first kappa shape index (κ1) is 31.2. The maximum Gasteiger partial charge on any atom is 0.264 e. The van der Waals surface area contributed by atoms with Gasteiger partial charge in [-0.3, -0.25) is 13.9 Å². The number of ether oxygens (including phenoxy) is 1. The summed E-state index contributed by atoms with van der Waals surface area (Å²) < 4.78 is 35.1. The summed E-state index contributed by atoms with van der Waals surface area (Å²) in [6.45, 7) is 6.20. The lowest BCUT2D eigenvalue weighted by Crippen LogP contribution is -2.52. The number of benzene rings is 3. The zero-order valence-electron chi connectivity index (χ0n) is 23.0. The average molecular weight is 631 g/mol. The van der Waals surface area contributed by atoms with E-state index in [9.17, 15) is 18.0 Å². The van der Waals surface area contributed by atoms with Gasteiger partial charge in [0.05, 0.1) is 17.2 Å². The summed E-state index contributed by atoms with van der Waals surface area (Å²) in [6, 6.07) is 21.7. The fourth-order valence-corrected chi connectivity index (χ4v) is 5.78. The SMILES string of the molecule is CCCNC(=O)[C@@H](C)N(CCc1ccccc1)C(=O)CN(c1ccc(OCC)cc1)S(=O)(=O)c1ccc(Br)cc1. The van der Waals surface area contributed by atoms with Gasteiger partial charge in [-0.05, 0) is 80.8 Å². The van der Waals surface area contributed by atoms with Gasteiger partial charge in [0.1, 0.15) is 18.3 Å². The van der Waals surface area contributed by atoms with Gasteiger partial charge in [-0.1, -0.05) is 53.2 Å². The minimum atomic E-state index is -4.13. The van der Waals surface area contributed by atoms with E-state index in [0.29, 0.717) is 31.0 Å². The van der Waals surface area contributed by atoms with Crippen molar-refractivity contribution in [3.63, 3.8) is 0 Å². The first-order chi connectivity index (χ1) is 19.2. The summed E-state index contributed by atoms with van der Waals surface area (Å²) in [6.07, 6.45) is 1.27. The fourth-order valence-electron chi connectivity index (χ4n) is 4.10. The highest BCUT2D eigenvalue weighted by Gasteiger charge is 2.32. The van der Waals surface area contributed by atoms with E-state index in [2.05, 4.69) is 21.2 Å². The average Bonchev–Trinajstić information content (AvgIpc) is 2.96. The molecule has 3 rings (SSSR count). The van der Waals surface area contributed by atoms with Gasteiger partial charge in [0.15, 0.2) is 0 Å². The molecule has 8 nitrogen and oxygen atoms in total. The van der Waals surface area contributed by atoms with E-state index in [1.807, 2.05) is 44.2 Å². The van der Waals surface area contributed by atoms with Gasteiger partial charge >= 0.3 is 0 Å². The Morgan fingerprint density at radius 1 is 0.950 bits per heavy atom. The standard InChI is InChI=1S/C30H36BrN3O5S/c1-4-20-32-30(36)23(3)33(21-19-24-9-7-6-8-10-24)29(35)22-34(26-13-15-27(16-14-26)39-5-2)40(37,38)28-17-11-25(31)12-18-28/h6-18,23H,4-5,19-22H2,1-3H3,(H,32,36)/t23-/m1/s1. The van der Waals surface area contributed by atoms with Gasteiger partial charge in [0.2, 0.25) is 11.8 Å². The molecule has 1 atom stereocenters. The smallest absolute Gasteiger partial charge is 0.264 e. The van der Waals surface area contributed by atoms with Crippen molar-refractivity contribution in [1.29, 1.82) is 0 Å². The van der Waals surface area contributed by atoms with Crippen LogP contribution in [0.2, 0.25) is 0 Å². The number of nitrogens with zero attached hydrogens (tertiary/aromatic N) is 2. The maximum atomic E-state index is 13.9. The van der Waals surface area contributed by atoms with Crippen molar-refractivity contribution < 1.29 is 22.7 Å². The van der Waals surface area contributed by atoms with E-state index in [4.69, 9.17) is 4.74 Å². The Kier molecular flexibility index (Phi) is 11.6. The predicted molar refractivity (Wildman–Crippen MR) is 161 cm³/mol. The minimum Gasteiger partial charge on any atom is -0.494 e. The van der Waals surface area contributed by atoms with Crippen molar-refractivity contribution >= 4 is 43.5 Å². The van der Waals surface area contributed by atoms with E-state index >= 15 is 0 Å². The molecule has 0 saturated carbocycles. The third-order valence-electron chi connectivity index (χ3n) is 6.32. The zero-order chi connectivity index (χ0) is 29.1. The second-order valence-electron chi connectivity index (χ2n) is 9.18. The lowest BCUT2D eigenvalue weighted by molar-refractivity contribution is -0.138. The molecule has 1 N–H and O–H groups in total. The molecule has 2 amide bonds. The Balaban J connectivity index is 1.97. The molecule has 0 aromatic heterocycles. The van der Waals surface area contributed by atoms with Crippen molar-refractivity contribution in [2.45, 2.75) is 44.6 Å². The molecule has 0 unspecified atom stereocenters. The van der Waals surface area contributed by atoms with Crippen molar-refractivity contribution in [3.8, 4) is 5.75 Å². The molecule has 214 valence electrons. The highest BCUT2D eigenvalue weighted by atomic mass is 79.9. The third kappa shape index (κ3) is 8.32. The summed E-state index contributed by atoms with van der Waals surface area (Å²) in [5.74, 6) is -0.180. The molecule has 0 spiro atoms. The van der Waals surface area contributed by atoms with Crippen LogP contribution >= 0.6 is 15.9 Å². The largest absolute Gasteiger partial charge is 0.494 e. The molecule has 0 heterocycles. The molecule has 10 heteroatoms. The topological polar surface area (TPSA) is 96.0 Å². The van der Waals surface area contributed by atoms with Gasteiger partial charge in [-0.2, -0.15) is 0 Å². The summed E-state index contributed by atoms with van der Waals surface area (Å²) in [7, 11) is -4.13. The Bertz CT molecular complexity index is 1350. The molecule has 0 radical (unpaired) electrons. The van der Waals surface area contributed by atoms with E-state index in [1.165, 1.54) is 17.0 Å². The van der Waals surface area contributed by atoms with Crippen LogP contribution in [-0.4, -0.2) is 57.4 Å². The molecule has 0 saturated heterocycles.